The number of urea groups is 1. The van der Waals surface area contributed by atoms with Crippen LogP contribution in [-0.4, -0.2) is 41.9 Å². The monoisotopic (exact) mass is 258 g/mol. The number of rotatable bonds is 7. The molecule has 1 atom stereocenters. The lowest BCUT2D eigenvalue weighted by Gasteiger charge is -2.26. The zero-order valence-corrected chi connectivity index (χ0v) is 11.2. The van der Waals surface area contributed by atoms with Crippen LogP contribution in [0.15, 0.2) is 0 Å². The van der Waals surface area contributed by atoms with Gasteiger partial charge in [-0.3, -0.25) is 0 Å². The van der Waals surface area contributed by atoms with Crippen LogP contribution < -0.4 is 10.6 Å². The largest absolute Gasteiger partial charge is 0.480 e. The topological polar surface area (TPSA) is 87.7 Å². The van der Waals surface area contributed by atoms with Crippen molar-refractivity contribution in [1.82, 2.24) is 10.6 Å². The molecule has 0 aromatic heterocycles. The van der Waals surface area contributed by atoms with E-state index in [1.807, 2.05) is 13.8 Å². The Morgan fingerprint density at radius 1 is 1.44 bits per heavy atom. The molecule has 0 aromatic carbocycles. The van der Waals surface area contributed by atoms with Crippen molar-refractivity contribution in [2.24, 2.45) is 5.92 Å². The minimum atomic E-state index is -1.16. The first kappa shape index (κ1) is 14.8. The summed E-state index contributed by atoms with van der Waals surface area (Å²) >= 11 is 0. The molecule has 6 nitrogen and oxygen atoms in total. The van der Waals surface area contributed by atoms with Crippen molar-refractivity contribution in [1.29, 1.82) is 0 Å². The molecule has 104 valence electrons. The van der Waals surface area contributed by atoms with Crippen LogP contribution in [0.25, 0.3) is 0 Å². The fourth-order valence-corrected chi connectivity index (χ4v) is 1.73. The molecule has 6 heteroatoms. The zero-order valence-electron chi connectivity index (χ0n) is 11.2. The van der Waals surface area contributed by atoms with E-state index >= 15 is 0 Å². The van der Waals surface area contributed by atoms with Crippen LogP contribution in [-0.2, 0) is 9.53 Å². The second-order valence-electron chi connectivity index (χ2n) is 5.08. The number of hydrogen-bond acceptors (Lipinski definition) is 3. The quantitative estimate of drug-likeness (QED) is 0.594. The highest BCUT2D eigenvalue weighted by Gasteiger charge is 2.48. The number of carbonyl (C=O) groups excluding carboxylic acids is 1. The summed E-state index contributed by atoms with van der Waals surface area (Å²) in [5.41, 5.74) is -1.16. The lowest BCUT2D eigenvalue weighted by Crippen LogP contribution is -2.57. The van der Waals surface area contributed by atoms with Crippen molar-refractivity contribution in [3.8, 4) is 0 Å². The van der Waals surface area contributed by atoms with E-state index in [1.165, 1.54) is 0 Å². The van der Waals surface area contributed by atoms with E-state index in [0.717, 1.165) is 12.8 Å². The normalized spacial score (nSPS) is 18.2. The Labute approximate surface area is 107 Å². The van der Waals surface area contributed by atoms with Gasteiger partial charge in [0.2, 0.25) is 0 Å². The molecule has 1 fully saturated rings. The van der Waals surface area contributed by atoms with Crippen molar-refractivity contribution in [2.45, 2.75) is 45.3 Å². The first-order valence-corrected chi connectivity index (χ1v) is 6.27. The molecule has 0 saturated heterocycles. The number of carbonyl (C=O) groups is 2. The van der Waals surface area contributed by atoms with Gasteiger partial charge < -0.3 is 20.5 Å². The molecule has 0 radical (unpaired) electrons. The van der Waals surface area contributed by atoms with Gasteiger partial charge in [0.1, 0.15) is 5.54 Å². The van der Waals surface area contributed by atoms with Crippen LogP contribution in [0.1, 0.15) is 33.6 Å². The maximum absolute atomic E-state index is 11.6. The maximum Gasteiger partial charge on any atom is 0.329 e. The fourth-order valence-electron chi connectivity index (χ4n) is 1.73. The van der Waals surface area contributed by atoms with E-state index in [9.17, 15) is 9.59 Å². The van der Waals surface area contributed by atoms with Crippen LogP contribution in [0.4, 0.5) is 4.79 Å². The van der Waals surface area contributed by atoms with E-state index in [-0.39, 0.29) is 12.0 Å². The highest BCUT2D eigenvalue weighted by Crippen LogP contribution is 2.39. The van der Waals surface area contributed by atoms with Crippen molar-refractivity contribution in [3.63, 3.8) is 0 Å². The number of carboxylic acid groups (broad SMARTS) is 1. The summed E-state index contributed by atoms with van der Waals surface area (Å²) < 4.78 is 5.27. The van der Waals surface area contributed by atoms with E-state index in [1.54, 1.807) is 6.92 Å². The average molecular weight is 258 g/mol. The molecule has 0 bridgehead atoms. The number of carboxylic acids is 1. The van der Waals surface area contributed by atoms with Crippen molar-refractivity contribution >= 4 is 12.0 Å². The Kier molecular flexibility index (Phi) is 4.95. The second kappa shape index (κ2) is 6.04. The van der Waals surface area contributed by atoms with E-state index in [4.69, 9.17) is 9.84 Å². The molecule has 0 aliphatic heterocycles. The Hall–Kier alpha value is -1.30. The predicted octanol–water partition coefficient (Wildman–Crippen LogP) is 0.964. The summed E-state index contributed by atoms with van der Waals surface area (Å²) in [7, 11) is 0. The van der Waals surface area contributed by atoms with Gasteiger partial charge in [-0.25, -0.2) is 9.59 Å². The molecule has 1 rings (SSSR count). The summed E-state index contributed by atoms with van der Waals surface area (Å²) in [5, 5.41) is 14.3. The minimum absolute atomic E-state index is 0.0349. The Morgan fingerprint density at radius 3 is 2.50 bits per heavy atom. The third-order valence-corrected chi connectivity index (χ3v) is 3.05. The number of ether oxygens (including phenoxy) is 1. The maximum atomic E-state index is 11.6. The summed E-state index contributed by atoms with van der Waals surface area (Å²) in [6.07, 6.45) is 1.81. The second-order valence-corrected chi connectivity index (χ2v) is 5.08. The highest BCUT2D eigenvalue weighted by molar-refractivity contribution is 5.86. The first-order valence-electron chi connectivity index (χ1n) is 6.27. The molecule has 1 unspecified atom stereocenters. The van der Waals surface area contributed by atoms with Gasteiger partial charge in [-0.15, -0.1) is 0 Å². The number of amides is 2. The lowest BCUT2D eigenvalue weighted by molar-refractivity contribution is -0.144. The van der Waals surface area contributed by atoms with Crippen molar-refractivity contribution in [3.05, 3.63) is 0 Å². The van der Waals surface area contributed by atoms with Gasteiger partial charge in [0.05, 0.1) is 12.7 Å². The van der Waals surface area contributed by atoms with Gasteiger partial charge in [0, 0.05) is 6.54 Å². The molecule has 3 N–H and O–H groups in total. The molecule has 0 heterocycles. The molecule has 2 amide bonds. The van der Waals surface area contributed by atoms with E-state index in [2.05, 4.69) is 10.6 Å². The summed E-state index contributed by atoms with van der Waals surface area (Å²) in [6, 6.07) is -0.459. The smallest absolute Gasteiger partial charge is 0.329 e. The van der Waals surface area contributed by atoms with Gasteiger partial charge in [-0.2, -0.15) is 0 Å². The third kappa shape index (κ3) is 4.18. The van der Waals surface area contributed by atoms with Gasteiger partial charge in [-0.1, -0.05) is 0 Å². The molecule has 0 spiro atoms. The molecule has 18 heavy (non-hydrogen) atoms. The van der Waals surface area contributed by atoms with Crippen LogP contribution in [0.5, 0.6) is 0 Å². The first-order chi connectivity index (χ1) is 8.36. The Bertz CT molecular complexity index is 315. The highest BCUT2D eigenvalue weighted by atomic mass is 16.5. The number of nitrogens with one attached hydrogen (secondary N) is 2. The van der Waals surface area contributed by atoms with Crippen molar-refractivity contribution < 1.29 is 19.4 Å². The van der Waals surface area contributed by atoms with Gasteiger partial charge in [0.15, 0.2) is 0 Å². The SMILES string of the molecule is CC(C)OCCNC(=O)NC(C)(C(=O)O)C1CC1. The summed E-state index contributed by atoms with van der Waals surface area (Å²) in [5.74, 6) is -0.953. The van der Waals surface area contributed by atoms with E-state index < -0.39 is 17.5 Å². The van der Waals surface area contributed by atoms with Gasteiger partial charge >= 0.3 is 12.0 Å². The zero-order chi connectivity index (χ0) is 13.8. The molecule has 0 aromatic rings. The predicted molar refractivity (Wildman–Crippen MR) is 66.4 cm³/mol. The van der Waals surface area contributed by atoms with Crippen LogP contribution in [0.3, 0.4) is 0 Å². The third-order valence-electron chi connectivity index (χ3n) is 3.05. The summed E-state index contributed by atoms with van der Waals surface area (Å²) in [4.78, 5) is 22.8. The summed E-state index contributed by atoms with van der Waals surface area (Å²) in [6.45, 7) is 6.16. The number of aliphatic carboxylic acids is 1. The minimum Gasteiger partial charge on any atom is -0.480 e. The van der Waals surface area contributed by atoms with Crippen LogP contribution >= 0.6 is 0 Å². The number of hydrogen-bond donors (Lipinski definition) is 3. The lowest BCUT2D eigenvalue weighted by atomic mass is 9.96. The van der Waals surface area contributed by atoms with Gasteiger partial charge in [0.25, 0.3) is 0 Å². The van der Waals surface area contributed by atoms with Crippen molar-refractivity contribution in [2.75, 3.05) is 13.2 Å². The molecular weight excluding hydrogens is 236 g/mol. The standard InChI is InChI=1S/C12H22N2O4/c1-8(2)18-7-6-13-11(17)14-12(3,10(15)16)9-4-5-9/h8-9H,4-7H2,1-3H3,(H,15,16)(H2,13,14,17). The molecular formula is C12H22N2O4. The average Bonchev–Trinajstić information content (AvgIpc) is 3.07. The molecule has 1 aliphatic carbocycles. The Morgan fingerprint density at radius 2 is 2.06 bits per heavy atom. The van der Waals surface area contributed by atoms with E-state index in [0.29, 0.717) is 13.2 Å². The van der Waals surface area contributed by atoms with Crippen LogP contribution in [0, 0.1) is 5.92 Å². The Balaban J connectivity index is 2.31. The molecule has 1 aliphatic rings. The van der Waals surface area contributed by atoms with Gasteiger partial charge in [-0.05, 0) is 39.5 Å². The fraction of sp³-hybridized carbons (Fsp3) is 0.833. The molecule has 1 saturated carbocycles. The van der Waals surface area contributed by atoms with Crippen LogP contribution in [0.2, 0.25) is 0 Å².